The Morgan fingerprint density at radius 2 is 1.64 bits per heavy atom. The number of rotatable bonds is 5. The maximum atomic E-state index is 13.4. The number of piperidine rings is 1. The summed E-state index contributed by atoms with van der Waals surface area (Å²) in [5.41, 5.74) is 1.24. The molecular weight excluding hydrogens is 478 g/mol. The van der Waals surface area contributed by atoms with Crippen LogP contribution >= 0.6 is 0 Å². The average Bonchev–Trinajstić information content (AvgIpc) is 3.43. The summed E-state index contributed by atoms with van der Waals surface area (Å²) >= 11 is 0. The van der Waals surface area contributed by atoms with Gasteiger partial charge in [0.1, 0.15) is 11.6 Å². The Morgan fingerprint density at radius 1 is 1.03 bits per heavy atom. The van der Waals surface area contributed by atoms with Crippen LogP contribution in [-0.2, 0) is 14.9 Å². The van der Waals surface area contributed by atoms with Crippen LogP contribution in [0.3, 0.4) is 0 Å². The van der Waals surface area contributed by atoms with Gasteiger partial charge in [0.15, 0.2) is 0 Å². The van der Waals surface area contributed by atoms with Crippen LogP contribution in [0, 0.1) is 17.6 Å². The van der Waals surface area contributed by atoms with Gasteiger partial charge >= 0.3 is 6.03 Å². The summed E-state index contributed by atoms with van der Waals surface area (Å²) in [6, 6.07) is 6.30. The normalized spacial score (nSPS) is 16.3. The van der Waals surface area contributed by atoms with Crippen LogP contribution in [0.15, 0.2) is 36.5 Å². The lowest BCUT2D eigenvalue weighted by atomic mass is 10.0. The predicted octanol–water partition coefficient (Wildman–Crippen LogP) is 4.55. The Morgan fingerprint density at radius 3 is 2.17 bits per heavy atom. The third-order valence-electron chi connectivity index (χ3n) is 6.56. The maximum absolute atomic E-state index is 13.4. The summed E-state index contributed by atoms with van der Waals surface area (Å²) < 4.78 is 26.9. The van der Waals surface area contributed by atoms with E-state index in [2.05, 4.69) is 20.4 Å². The Labute approximate surface area is 207 Å². The molecule has 1 saturated heterocycles. The zero-order chi connectivity index (χ0) is 26.1. The first-order chi connectivity index (χ1) is 17.3. The maximum Gasteiger partial charge on any atom is 0.321 e. The van der Waals surface area contributed by atoms with E-state index in [0.29, 0.717) is 30.0 Å². The molecule has 1 aliphatic carbocycles. The zero-order valence-electron chi connectivity index (χ0n) is 19.9. The van der Waals surface area contributed by atoms with Gasteiger partial charge in [0.25, 0.3) is 0 Å². The number of hydrogen-bond acceptors (Lipinski definition) is 7. The number of pyridine rings is 1. The smallest absolute Gasteiger partial charge is 0.321 e. The van der Waals surface area contributed by atoms with E-state index >= 15 is 0 Å². The van der Waals surface area contributed by atoms with Crippen molar-refractivity contribution in [2.75, 3.05) is 25.5 Å². The summed E-state index contributed by atoms with van der Waals surface area (Å²) in [5, 5.41) is 21.8. The quantitative estimate of drug-likeness (QED) is 0.400. The van der Waals surface area contributed by atoms with Crippen LogP contribution in [0.25, 0.3) is 11.3 Å². The first-order valence-corrected chi connectivity index (χ1v) is 11.7. The Balaban J connectivity index is 0.000000840. The lowest BCUT2D eigenvalue weighted by Crippen LogP contribution is -2.49. The summed E-state index contributed by atoms with van der Waals surface area (Å²) in [7, 11) is 1.76. The third-order valence-corrected chi connectivity index (χ3v) is 6.56. The second-order valence-electron chi connectivity index (χ2n) is 8.82. The van der Waals surface area contributed by atoms with Gasteiger partial charge < -0.3 is 15.1 Å². The second kappa shape index (κ2) is 13.2. The Kier molecular flexibility index (Phi) is 10.1. The lowest BCUT2D eigenvalue weighted by molar-refractivity contribution is -0.611. The predicted molar refractivity (Wildman–Crippen MR) is 125 cm³/mol. The minimum absolute atomic E-state index is 0.0603. The molecule has 0 spiro atoms. The molecule has 12 heteroatoms. The number of nitrogens with one attached hydrogen (secondary N) is 1. The molecule has 1 aromatic heterocycles. The number of anilines is 1. The molecule has 196 valence electrons. The Bertz CT molecular complexity index is 990. The fourth-order valence-corrected chi connectivity index (χ4v) is 4.62. The van der Waals surface area contributed by atoms with Gasteiger partial charge in [-0.25, -0.2) is 24.1 Å². The summed E-state index contributed by atoms with van der Waals surface area (Å²) in [5.74, 6) is -0.877. The van der Waals surface area contributed by atoms with E-state index in [0.717, 1.165) is 44.6 Å². The number of halogens is 2. The lowest BCUT2D eigenvalue weighted by Gasteiger charge is -2.37. The highest BCUT2D eigenvalue weighted by Crippen LogP contribution is 2.28. The molecular formula is C24H30F2N4O6. The number of aromatic nitrogens is 1. The van der Waals surface area contributed by atoms with Crippen LogP contribution in [-0.4, -0.2) is 63.4 Å². The van der Waals surface area contributed by atoms with Gasteiger partial charge in [-0.3, -0.25) is 9.78 Å². The molecule has 1 saturated carbocycles. The van der Waals surface area contributed by atoms with Crippen molar-refractivity contribution >= 4 is 17.6 Å². The number of carbonyl (C=O) groups excluding carboxylic acids is 2. The van der Waals surface area contributed by atoms with Crippen molar-refractivity contribution in [3.05, 3.63) is 48.2 Å². The van der Waals surface area contributed by atoms with Gasteiger partial charge in [-0.2, -0.15) is 0 Å². The monoisotopic (exact) mass is 508 g/mol. The molecule has 2 aliphatic rings. The number of nitrogens with zero attached hydrogens (tertiary/aromatic N) is 3. The van der Waals surface area contributed by atoms with E-state index in [9.17, 15) is 18.4 Å². The van der Waals surface area contributed by atoms with Gasteiger partial charge in [0.05, 0.1) is 17.6 Å². The van der Waals surface area contributed by atoms with Crippen LogP contribution in [0.5, 0.6) is 0 Å². The van der Waals surface area contributed by atoms with E-state index in [-0.39, 0.29) is 23.9 Å². The second-order valence-corrected chi connectivity index (χ2v) is 8.82. The molecule has 0 unspecified atom stereocenters. The van der Waals surface area contributed by atoms with Crippen molar-refractivity contribution in [2.24, 2.45) is 5.92 Å². The van der Waals surface area contributed by atoms with E-state index in [1.807, 2.05) is 4.90 Å². The fraction of sp³-hybridized carbons (Fsp3) is 0.458. The minimum atomic E-state index is -0.670. The number of urea groups is 1. The SMILES string of the molecule is CN(C(=O)Nc1ccc(-c2cc(F)cc(F)c2)nc1)C1CCN(C(=O)C2CCCC2)CC1.OOOO. The fourth-order valence-electron chi connectivity index (χ4n) is 4.62. The molecule has 10 nitrogen and oxygen atoms in total. The molecule has 2 fully saturated rings. The molecule has 1 aromatic carbocycles. The highest BCUT2D eigenvalue weighted by atomic mass is 19.1. The molecule has 0 radical (unpaired) electrons. The molecule has 0 bridgehead atoms. The van der Waals surface area contributed by atoms with Crippen LogP contribution in [0.2, 0.25) is 0 Å². The zero-order valence-corrected chi connectivity index (χ0v) is 19.9. The van der Waals surface area contributed by atoms with E-state index < -0.39 is 11.6 Å². The van der Waals surface area contributed by atoms with Gasteiger partial charge in [0, 0.05) is 43.7 Å². The average molecular weight is 509 g/mol. The summed E-state index contributed by atoms with van der Waals surface area (Å²) in [6.07, 6.45) is 7.27. The highest BCUT2D eigenvalue weighted by Gasteiger charge is 2.32. The van der Waals surface area contributed by atoms with Gasteiger partial charge in [-0.15, -0.1) is 0 Å². The molecule has 36 heavy (non-hydrogen) atoms. The van der Waals surface area contributed by atoms with Crippen molar-refractivity contribution < 1.29 is 39.0 Å². The molecule has 2 aromatic rings. The summed E-state index contributed by atoms with van der Waals surface area (Å²) in [6.45, 7) is 1.36. The van der Waals surface area contributed by atoms with E-state index in [1.165, 1.54) is 18.3 Å². The van der Waals surface area contributed by atoms with Crippen LogP contribution in [0.4, 0.5) is 19.3 Å². The van der Waals surface area contributed by atoms with Gasteiger partial charge in [0.2, 0.25) is 5.91 Å². The molecule has 2 heterocycles. The number of hydrogen-bond donors (Lipinski definition) is 3. The largest absolute Gasteiger partial charge is 0.342 e. The van der Waals surface area contributed by atoms with Crippen LogP contribution < -0.4 is 5.32 Å². The van der Waals surface area contributed by atoms with E-state index in [4.69, 9.17) is 10.5 Å². The van der Waals surface area contributed by atoms with Crippen LogP contribution in [0.1, 0.15) is 38.5 Å². The topological polar surface area (TPSA) is 124 Å². The standard InChI is InChI=1S/C24H28F2N4O2.H2O4/c1-29(21-8-10-30(11-9-21)23(31)16-4-2-3-5-16)24(32)28-20-6-7-22(27-15-20)17-12-18(25)14-19(26)13-17;1-3-4-2/h6-7,12-16,21H,2-5,8-11H2,1H3,(H,28,32);1-2H. The number of carbonyl (C=O) groups is 2. The van der Waals surface area contributed by atoms with Crippen molar-refractivity contribution in [1.29, 1.82) is 0 Å². The molecule has 4 rings (SSSR count). The Hall–Kier alpha value is -3.19. The molecule has 3 N–H and O–H groups in total. The number of benzene rings is 1. The molecule has 0 atom stereocenters. The minimum Gasteiger partial charge on any atom is -0.342 e. The van der Waals surface area contributed by atoms with Gasteiger partial charge in [-0.05, 0) is 60.0 Å². The number of amides is 3. The molecule has 1 aliphatic heterocycles. The first-order valence-electron chi connectivity index (χ1n) is 11.7. The van der Waals surface area contributed by atoms with Crippen molar-refractivity contribution in [3.63, 3.8) is 0 Å². The molecule has 3 amide bonds. The van der Waals surface area contributed by atoms with Crippen molar-refractivity contribution in [1.82, 2.24) is 14.8 Å². The number of likely N-dealkylation sites (tertiary alicyclic amines) is 1. The van der Waals surface area contributed by atoms with Crippen molar-refractivity contribution in [3.8, 4) is 11.3 Å². The van der Waals surface area contributed by atoms with Gasteiger partial charge in [-0.1, -0.05) is 12.8 Å². The highest BCUT2D eigenvalue weighted by molar-refractivity contribution is 5.89. The first kappa shape index (κ1) is 27.4. The van der Waals surface area contributed by atoms with E-state index in [1.54, 1.807) is 24.1 Å². The van der Waals surface area contributed by atoms with Crippen molar-refractivity contribution in [2.45, 2.75) is 44.6 Å². The third kappa shape index (κ3) is 7.40. The summed E-state index contributed by atoms with van der Waals surface area (Å²) in [4.78, 5) is 33.1.